The maximum Gasteiger partial charge on any atom is 0.257 e. The summed E-state index contributed by atoms with van der Waals surface area (Å²) in [5.41, 5.74) is 4.22. The van der Waals surface area contributed by atoms with E-state index in [1.165, 1.54) is 15.0 Å². The molecule has 1 unspecified atom stereocenters. The molecule has 0 amide bonds. The van der Waals surface area contributed by atoms with Gasteiger partial charge in [0.05, 0.1) is 11.7 Å². The Morgan fingerprint density at radius 2 is 1.54 bits per heavy atom. The number of rotatable bonds is 5. The molecule has 0 spiro atoms. The maximum atomic E-state index is 13.9. The first-order valence-corrected chi connectivity index (χ1v) is 14.2. The van der Waals surface area contributed by atoms with Gasteiger partial charge in [0, 0.05) is 15.1 Å². The molecule has 2 heterocycles. The molecule has 0 saturated carbocycles. The van der Waals surface area contributed by atoms with Crippen LogP contribution in [0.15, 0.2) is 95.8 Å². The molecule has 4 heteroatoms. The van der Waals surface area contributed by atoms with Crippen LogP contribution in [0.2, 0.25) is 0 Å². The van der Waals surface area contributed by atoms with Gasteiger partial charge in [0.1, 0.15) is 5.82 Å². The van der Waals surface area contributed by atoms with Crippen molar-refractivity contribution in [1.29, 1.82) is 0 Å². The smallest absolute Gasteiger partial charge is 0.257 e. The highest BCUT2D eigenvalue weighted by molar-refractivity contribution is 7.19. The lowest BCUT2D eigenvalue weighted by Gasteiger charge is -2.28. The molecule has 3 nitrogen and oxygen atoms in total. The average molecular weight is 507 g/mol. The largest absolute Gasteiger partial charge is 0.285 e. The van der Waals surface area contributed by atoms with Crippen LogP contribution in [-0.4, -0.2) is 9.55 Å². The summed E-state index contributed by atoms with van der Waals surface area (Å²) in [7, 11) is 0. The van der Waals surface area contributed by atoms with E-state index in [2.05, 4.69) is 54.6 Å². The Morgan fingerprint density at radius 3 is 2.19 bits per heavy atom. The number of aryl methyl sites for hydroxylation is 1. The Kier molecular flexibility index (Phi) is 7.66. The van der Waals surface area contributed by atoms with Gasteiger partial charge in [0.25, 0.3) is 5.56 Å². The van der Waals surface area contributed by atoms with Gasteiger partial charge in [0.2, 0.25) is 0 Å². The van der Waals surface area contributed by atoms with Gasteiger partial charge < -0.3 is 0 Å². The summed E-state index contributed by atoms with van der Waals surface area (Å²) < 4.78 is 3.26. The molecule has 0 N–H and O–H groups in total. The molecule has 2 aromatic heterocycles. The number of fused-ring (bicyclic) bond motifs is 2. The first-order valence-electron chi connectivity index (χ1n) is 13.4. The molecule has 0 aliphatic heterocycles. The second kappa shape index (κ2) is 11.3. The van der Waals surface area contributed by atoms with E-state index in [9.17, 15) is 4.79 Å². The first-order chi connectivity index (χ1) is 18.2. The Labute approximate surface area is 223 Å². The summed E-state index contributed by atoms with van der Waals surface area (Å²) >= 11 is 1.89. The molecule has 5 aromatic rings. The van der Waals surface area contributed by atoms with Crippen LogP contribution in [0.5, 0.6) is 0 Å². The molecule has 0 fully saturated rings. The van der Waals surface area contributed by atoms with Crippen LogP contribution in [0.1, 0.15) is 59.4 Å². The van der Waals surface area contributed by atoms with Crippen molar-refractivity contribution in [1.82, 2.24) is 9.55 Å². The Bertz CT molecular complexity index is 1460. The Hall–Kier alpha value is -3.50. The number of thiophene rings is 1. The zero-order chi connectivity index (χ0) is 25.8. The van der Waals surface area contributed by atoms with Crippen LogP contribution in [-0.2, 0) is 19.3 Å². The van der Waals surface area contributed by atoms with E-state index >= 15 is 0 Å². The summed E-state index contributed by atoms with van der Waals surface area (Å²) in [6.07, 6.45) is 3.76. The highest BCUT2D eigenvalue weighted by atomic mass is 32.1. The lowest BCUT2D eigenvalue weighted by molar-refractivity contribution is 0.440. The second-order valence-electron chi connectivity index (χ2n) is 9.55. The number of aromatic nitrogens is 2. The molecule has 1 aliphatic carbocycles. The fourth-order valence-corrected chi connectivity index (χ4v) is 6.72. The topological polar surface area (TPSA) is 34.9 Å². The molecule has 6 rings (SSSR count). The normalized spacial score (nSPS) is 14.8. The van der Waals surface area contributed by atoms with Crippen LogP contribution in [0.25, 0.3) is 10.1 Å². The van der Waals surface area contributed by atoms with Crippen molar-refractivity contribution in [2.24, 2.45) is 5.92 Å². The van der Waals surface area contributed by atoms with Gasteiger partial charge in [-0.15, -0.1) is 11.3 Å². The molecule has 3 aromatic carbocycles. The predicted octanol–water partition coefficient (Wildman–Crippen LogP) is 7.78. The minimum absolute atomic E-state index is 0.116. The number of hydrogen-bond donors (Lipinski definition) is 0. The van der Waals surface area contributed by atoms with Crippen molar-refractivity contribution in [3.8, 4) is 0 Å². The van der Waals surface area contributed by atoms with Crippen molar-refractivity contribution < 1.29 is 0 Å². The standard InChI is InChI=1S/C31H28N2OS.C2H6/c1-21-32-28-19-22(18-26-20-25-14-8-9-15-29(25)35-26)16-17-27(28)31(34)33(21)30(23-10-4-2-5-11-23)24-12-6-3-7-13-24;1-2/h2-15,20,22,30H,16-19H2,1H3;1-2H3. The number of hydrogen-bond acceptors (Lipinski definition) is 3. The van der Waals surface area contributed by atoms with Crippen molar-refractivity contribution in [3.63, 3.8) is 0 Å². The van der Waals surface area contributed by atoms with Crippen LogP contribution in [0.3, 0.4) is 0 Å². The summed E-state index contributed by atoms with van der Waals surface area (Å²) in [5.74, 6) is 1.31. The molecule has 1 aliphatic rings. The van der Waals surface area contributed by atoms with Crippen LogP contribution in [0.4, 0.5) is 0 Å². The molecular formula is C33H34N2OS. The highest BCUT2D eigenvalue weighted by Gasteiger charge is 2.28. The van der Waals surface area contributed by atoms with Gasteiger partial charge in [-0.05, 0) is 67.2 Å². The SMILES string of the molecule is CC.Cc1nc2c(c(=O)n1C(c1ccccc1)c1ccccc1)CCC(Cc1cc3ccccc3s1)C2. The van der Waals surface area contributed by atoms with Gasteiger partial charge in [-0.2, -0.15) is 0 Å². The van der Waals surface area contributed by atoms with Crippen LogP contribution >= 0.6 is 11.3 Å². The van der Waals surface area contributed by atoms with Crippen molar-refractivity contribution in [3.05, 3.63) is 134 Å². The molecule has 0 radical (unpaired) electrons. The van der Waals surface area contributed by atoms with Gasteiger partial charge in [-0.3, -0.25) is 9.36 Å². The monoisotopic (exact) mass is 506 g/mol. The third kappa shape index (κ3) is 5.17. The second-order valence-corrected chi connectivity index (χ2v) is 10.7. The minimum atomic E-state index is -0.182. The molecule has 0 saturated heterocycles. The molecule has 0 bridgehead atoms. The van der Waals surface area contributed by atoms with Gasteiger partial charge in [-0.1, -0.05) is 92.7 Å². The van der Waals surface area contributed by atoms with Gasteiger partial charge in [0.15, 0.2) is 0 Å². The fourth-order valence-electron chi connectivity index (χ4n) is 5.54. The third-order valence-electron chi connectivity index (χ3n) is 7.21. The van der Waals surface area contributed by atoms with Crippen LogP contribution in [0, 0.1) is 12.8 Å². The third-order valence-corrected chi connectivity index (χ3v) is 8.35. The van der Waals surface area contributed by atoms with E-state index in [4.69, 9.17) is 4.98 Å². The first kappa shape index (κ1) is 25.2. The molecule has 1 atom stereocenters. The van der Waals surface area contributed by atoms with Crippen molar-refractivity contribution >= 4 is 21.4 Å². The summed E-state index contributed by atoms with van der Waals surface area (Å²) in [4.78, 5) is 20.4. The molecule has 37 heavy (non-hydrogen) atoms. The molecular weight excluding hydrogens is 472 g/mol. The molecule has 188 valence electrons. The van der Waals surface area contributed by atoms with E-state index in [1.54, 1.807) is 0 Å². The number of nitrogens with zero attached hydrogens (tertiary/aromatic N) is 2. The number of benzene rings is 3. The summed E-state index contributed by atoms with van der Waals surface area (Å²) in [6.45, 7) is 5.98. The van der Waals surface area contributed by atoms with E-state index in [0.717, 1.165) is 53.9 Å². The van der Waals surface area contributed by atoms with Crippen LogP contribution < -0.4 is 5.56 Å². The van der Waals surface area contributed by atoms with Gasteiger partial charge >= 0.3 is 0 Å². The zero-order valence-corrected chi connectivity index (χ0v) is 22.7. The predicted molar refractivity (Wildman–Crippen MR) is 156 cm³/mol. The summed E-state index contributed by atoms with van der Waals surface area (Å²) in [6, 6.07) is 31.3. The minimum Gasteiger partial charge on any atom is -0.285 e. The van der Waals surface area contributed by atoms with E-state index in [0.29, 0.717) is 5.92 Å². The van der Waals surface area contributed by atoms with Crippen molar-refractivity contribution in [2.45, 2.75) is 52.5 Å². The van der Waals surface area contributed by atoms with Crippen molar-refractivity contribution in [2.75, 3.05) is 0 Å². The van der Waals surface area contributed by atoms with E-state index < -0.39 is 0 Å². The lowest BCUT2D eigenvalue weighted by atomic mass is 9.84. The zero-order valence-electron chi connectivity index (χ0n) is 21.9. The average Bonchev–Trinajstić information content (AvgIpc) is 3.35. The maximum absolute atomic E-state index is 13.9. The highest BCUT2D eigenvalue weighted by Crippen LogP contribution is 2.32. The quantitative estimate of drug-likeness (QED) is 0.244. The Morgan fingerprint density at radius 1 is 0.919 bits per heavy atom. The summed E-state index contributed by atoms with van der Waals surface area (Å²) in [5, 5.41) is 1.33. The fraction of sp³-hybridized carbons (Fsp3) is 0.273. The Balaban J connectivity index is 0.00000137. The van der Waals surface area contributed by atoms with E-state index in [1.807, 2.05) is 73.1 Å². The van der Waals surface area contributed by atoms with E-state index in [-0.39, 0.29) is 11.6 Å². The lowest BCUT2D eigenvalue weighted by Crippen LogP contribution is -2.35. The van der Waals surface area contributed by atoms with Gasteiger partial charge in [-0.25, -0.2) is 4.98 Å².